The minimum atomic E-state index is -4.97. The number of hydrogen-bond acceptors (Lipinski definition) is 1. The van der Waals surface area contributed by atoms with Crippen LogP contribution in [-0.2, 0) is 31.6 Å². The Bertz CT molecular complexity index is 850. The fourth-order valence-electron chi connectivity index (χ4n) is 2.62. The molecule has 0 saturated carbocycles. The molecular weight excluding hydrogens is 481 g/mol. The molecule has 0 radical (unpaired) electrons. The third kappa shape index (κ3) is 6.11. The van der Waals surface area contributed by atoms with Crippen molar-refractivity contribution in [2.24, 2.45) is 0 Å². The summed E-state index contributed by atoms with van der Waals surface area (Å²) >= 11 is 3.11. The Morgan fingerprint density at radius 3 is 1.69 bits per heavy atom. The third-order valence-corrected chi connectivity index (χ3v) is 4.73. The maximum absolute atomic E-state index is 13.0. The SMILES string of the molecule is Cc1cc(Br)c(CNCc2cc(C(F)(F)F)cc(C(F)(F)F)c2)cc1C(F)(F)F. The molecule has 0 atom stereocenters. The van der Waals surface area contributed by atoms with Gasteiger partial charge in [0.2, 0.25) is 0 Å². The Morgan fingerprint density at radius 2 is 1.24 bits per heavy atom. The van der Waals surface area contributed by atoms with E-state index in [0.717, 1.165) is 6.07 Å². The summed E-state index contributed by atoms with van der Waals surface area (Å²) in [5, 5.41) is 2.58. The predicted octanol–water partition coefficient (Wildman–Crippen LogP) is 7.10. The Kier molecular flexibility index (Phi) is 6.63. The first-order chi connectivity index (χ1) is 13.1. The van der Waals surface area contributed by atoms with Gasteiger partial charge in [-0.15, -0.1) is 0 Å². The largest absolute Gasteiger partial charge is 0.416 e. The number of aryl methyl sites for hydroxylation is 1. The van der Waals surface area contributed by atoms with Gasteiger partial charge in [-0.2, -0.15) is 39.5 Å². The zero-order chi connectivity index (χ0) is 22.2. The molecule has 0 heterocycles. The van der Waals surface area contributed by atoms with Gasteiger partial charge >= 0.3 is 18.5 Å². The number of hydrogen-bond donors (Lipinski definition) is 1. The molecule has 11 heteroatoms. The number of rotatable bonds is 4. The van der Waals surface area contributed by atoms with Crippen molar-refractivity contribution in [2.45, 2.75) is 38.5 Å². The van der Waals surface area contributed by atoms with Crippen molar-refractivity contribution in [3.8, 4) is 0 Å². The molecule has 0 fully saturated rings. The highest BCUT2D eigenvalue weighted by Gasteiger charge is 2.37. The van der Waals surface area contributed by atoms with E-state index in [1.165, 1.54) is 13.0 Å². The number of halogens is 10. The minimum Gasteiger partial charge on any atom is -0.309 e. The smallest absolute Gasteiger partial charge is 0.309 e. The second kappa shape index (κ2) is 8.17. The van der Waals surface area contributed by atoms with Gasteiger partial charge < -0.3 is 5.32 Å². The Morgan fingerprint density at radius 1 is 0.724 bits per heavy atom. The molecule has 0 bridgehead atoms. The van der Waals surface area contributed by atoms with E-state index in [2.05, 4.69) is 21.2 Å². The molecule has 2 aromatic carbocycles. The summed E-state index contributed by atoms with van der Waals surface area (Å²) in [6.45, 7) is 0.655. The zero-order valence-corrected chi connectivity index (χ0v) is 16.2. The quantitative estimate of drug-likeness (QED) is 0.447. The van der Waals surface area contributed by atoms with Crippen molar-refractivity contribution in [3.05, 3.63) is 68.2 Å². The van der Waals surface area contributed by atoms with Crippen LogP contribution in [0.2, 0.25) is 0 Å². The summed E-state index contributed by atoms with van der Waals surface area (Å²) in [7, 11) is 0. The van der Waals surface area contributed by atoms with E-state index in [9.17, 15) is 39.5 Å². The highest BCUT2D eigenvalue weighted by atomic mass is 79.9. The van der Waals surface area contributed by atoms with Crippen molar-refractivity contribution < 1.29 is 39.5 Å². The van der Waals surface area contributed by atoms with Crippen LogP contribution in [0, 0.1) is 6.92 Å². The van der Waals surface area contributed by atoms with Crippen LogP contribution in [0.3, 0.4) is 0 Å². The lowest BCUT2D eigenvalue weighted by Gasteiger charge is -2.16. The average molecular weight is 494 g/mol. The molecule has 0 unspecified atom stereocenters. The maximum Gasteiger partial charge on any atom is 0.416 e. The van der Waals surface area contributed by atoms with Crippen LogP contribution in [-0.4, -0.2) is 0 Å². The first-order valence-corrected chi connectivity index (χ1v) is 8.73. The van der Waals surface area contributed by atoms with Gasteiger partial charge in [0.1, 0.15) is 0 Å². The highest BCUT2D eigenvalue weighted by molar-refractivity contribution is 9.10. The molecule has 160 valence electrons. The van der Waals surface area contributed by atoms with E-state index >= 15 is 0 Å². The van der Waals surface area contributed by atoms with Crippen LogP contribution in [0.5, 0.6) is 0 Å². The van der Waals surface area contributed by atoms with Crippen LogP contribution in [0.15, 0.2) is 34.8 Å². The maximum atomic E-state index is 13.0. The number of benzene rings is 2. The molecule has 2 aromatic rings. The van der Waals surface area contributed by atoms with Gasteiger partial charge in [0, 0.05) is 17.6 Å². The molecular formula is C18H13BrF9N. The van der Waals surface area contributed by atoms with Crippen LogP contribution in [0.4, 0.5) is 39.5 Å². The lowest BCUT2D eigenvalue weighted by molar-refractivity contribution is -0.143. The summed E-state index contributed by atoms with van der Waals surface area (Å²) < 4.78 is 117. The van der Waals surface area contributed by atoms with Gasteiger partial charge in [-0.25, -0.2) is 0 Å². The summed E-state index contributed by atoms with van der Waals surface area (Å²) in [6.07, 6.45) is -14.5. The van der Waals surface area contributed by atoms with Crippen molar-refractivity contribution in [2.75, 3.05) is 0 Å². The Labute approximate surface area is 168 Å². The Balaban J connectivity index is 2.25. The first kappa shape index (κ1) is 23.5. The summed E-state index contributed by atoms with van der Waals surface area (Å²) in [6, 6.07) is 3.25. The molecule has 1 N–H and O–H groups in total. The molecule has 0 aliphatic rings. The van der Waals surface area contributed by atoms with E-state index in [0.29, 0.717) is 16.6 Å². The summed E-state index contributed by atoms with van der Waals surface area (Å²) in [5.74, 6) is 0. The van der Waals surface area contributed by atoms with E-state index < -0.39 is 41.8 Å². The molecule has 0 spiro atoms. The summed E-state index contributed by atoms with van der Waals surface area (Å²) in [5.41, 5.74) is -3.96. The van der Waals surface area contributed by atoms with E-state index in [-0.39, 0.29) is 29.3 Å². The van der Waals surface area contributed by atoms with Gasteiger partial charge in [-0.05, 0) is 53.9 Å². The van der Waals surface area contributed by atoms with Gasteiger partial charge in [0.25, 0.3) is 0 Å². The lowest BCUT2D eigenvalue weighted by Crippen LogP contribution is -2.17. The van der Waals surface area contributed by atoms with Gasteiger partial charge in [0.05, 0.1) is 16.7 Å². The molecule has 0 aliphatic carbocycles. The second-order valence-corrected chi connectivity index (χ2v) is 7.13. The molecule has 0 amide bonds. The van der Waals surface area contributed by atoms with Crippen LogP contribution in [0.1, 0.15) is 33.4 Å². The monoisotopic (exact) mass is 493 g/mol. The van der Waals surface area contributed by atoms with E-state index in [1.807, 2.05) is 0 Å². The molecule has 1 nitrogen and oxygen atoms in total. The predicted molar refractivity (Wildman–Crippen MR) is 90.9 cm³/mol. The van der Waals surface area contributed by atoms with E-state index in [4.69, 9.17) is 0 Å². The third-order valence-electron chi connectivity index (χ3n) is 3.99. The van der Waals surface area contributed by atoms with Crippen molar-refractivity contribution in [1.82, 2.24) is 5.32 Å². The highest BCUT2D eigenvalue weighted by Crippen LogP contribution is 2.37. The van der Waals surface area contributed by atoms with Crippen LogP contribution < -0.4 is 5.32 Å². The van der Waals surface area contributed by atoms with Gasteiger partial charge in [0.15, 0.2) is 0 Å². The normalized spacial score (nSPS) is 13.1. The summed E-state index contributed by atoms with van der Waals surface area (Å²) in [4.78, 5) is 0. The zero-order valence-electron chi connectivity index (χ0n) is 14.6. The molecule has 0 aromatic heterocycles. The molecule has 0 aliphatic heterocycles. The fourth-order valence-corrected chi connectivity index (χ4v) is 3.22. The fraction of sp³-hybridized carbons (Fsp3) is 0.333. The number of nitrogens with one attached hydrogen (secondary N) is 1. The minimum absolute atomic E-state index is 0.00959. The van der Waals surface area contributed by atoms with Crippen molar-refractivity contribution in [1.29, 1.82) is 0 Å². The average Bonchev–Trinajstić information content (AvgIpc) is 2.53. The van der Waals surface area contributed by atoms with Crippen molar-refractivity contribution >= 4 is 15.9 Å². The standard InChI is InChI=1S/C18H13BrF9N/c1-9-2-15(19)11(5-14(9)18(26,27)28)8-29-7-10-3-12(16(20,21)22)6-13(4-10)17(23,24)25/h2-6,29H,7-8H2,1H3. The lowest BCUT2D eigenvalue weighted by atomic mass is 10.0. The molecule has 2 rings (SSSR count). The van der Waals surface area contributed by atoms with E-state index in [1.54, 1.807) is 0 Å². The van der Waals surface area contributed by atoms with Crippen molar-refractivity contribution in [3.63, 3.8) is 0 Å². The van der Waals surface area contributed by atoms with Crippen LogP contribution in [0.25, 0.3) is 0 Å². The molecule has 0 saturated heterocycles. The topological polar surface area (TPSA) is 12.0 Å². The first-order valence-electron chi connectivity index (χ1n) is 7.94. The Hall–Kier alpha value is -1.75. The van der Waals surface area contributed by atoms with Gasteiger partial charge in [-0.1, -0.05) is 15.9 Å². The van der Waals surface area contributed by atoms with Gasteiger partial charge in [-0.3, -0.25) is 0 Å². The van der Waals surface area contributed by atoms with Crippen LogP contribution >= 0.6 is 15.9 Å². The molecule has 29 heavy (non-hydrogen) atoms. The second-order valence-electron chi connectivity index (χ2n) is 6.27. The number of alkyl halides is 9.